The van der Waals surface area contributed by atoms with Crippen LogP contribution in [0.15, 0.2) is 29.2 Å². The third-order valence-corrected chi connectivity index (χ3v) is 6.86. The van der Waals surface area contributed by atoms with Crippen LogP contribution < -0.4 is 0 Å². The van der Waals surface area contributed by atoms with E-state index < -0.39 is 9.84 Å². The summed E-state index contributed by atoms with van der Waals surface area (Å²) in [5, 5.41) is 0.589. The first-order chi connectivity index (χ1) is 10.4. The lowest BCUT2D eigenvalue weighted by Gasteiger charge is -2.20. The van der Waals surface area contributed by atoms with Crippen LogP contribution in [0.5, 0.6) is 0 Å². The standard InChI is InChI=1S/C14H12ClNO3S3/c15-10-3-1-2-9(6-10)7-12-13(17)16(14(20)21-12)11-4-5-22(18,19)8-11/h1-3,6-7,11H,4-5,8H2/b12-7+/t11-/m1/s1. The maximum Gasteiger partial charge on any atom is 0.266 e. The minimum Gasteiger partial charge on any atom is -0.289 e. The van der Waals surface area contributed by atoms with Gasteiger partial charge in [-0.3, -0.25) is 9.69 Å². The van der Waals surface area contributed by atoms with Gasteiger partial charge in [0.05, 0.1) is 22.5 Å². The average Bonchev–Trinajstić information content (AvgIpc) is 2.90. The fourth-order valence-electron chi connectivity index (χ4n) is 2.52. The van der Waals surface area contributed by atoms with Gasteiger partial charge >= 0.3 is 0 Å². The quantitative estimate of drug-likeness (QED) is 0.589. The van der Waals surface area contributed by atoms with Gasteiger partial charge in [-0.15, -0.1) is 0 Å². The highest BCUT2D eigenvalue weighted by atomic mass is 35.5. The fraction of sp³-hybridized carbons (Fsp3) is 0.286. The van der Waals surface area contributed by atoms with E-state index in [2.05, 4.69) is 0 Å². The van der Waals surface area contributed by atoms with Crippen LogP contribution in [0.1, 0.15) is 12.0 Å². The zero-order chi connectivity index (χ0) is 15.9. The van der Waals surface area contributed by atoms with Gasteiger partial charge in [-0.25, -0.2) is 8.42 Å². The molecule has 2 fully saturated rings. The molecule has 1 amide bonds. The van der Waals surface area contributed by atoms with Crippen molar-refractivity contribution in [2.24, 2.45) is 0 Å². The Morgan fingerprint density at radius 3 is 2.82 bits per heavy atom. The number of thioether (sulfide) groups is 1. The first kappa shape index (κ1) is 16.0. The number of benzene rings is 1. The van der Waals surface area contributed by atoms with Gasteiger partial charge in [0.1, 0.15) is 4.32 Å². The number of rotatable bonds is 2. The molecule has 0 bridgehead atoms. The molecule has 8 heteroatoms. The van der Waals surface area contributed by atoms with Gasteiger partial charge in [0.2, 0.25) is 0 Å². The number of nitrogens with zero attached hydrogens (tertiary/aromatic N) is 1. The van der Waals surface area contributed by atoms with Gasteiger partial charge in [-0.2, -0.15) is 0 Å². The van der Waals surface area contributed by atoms with E-state index in [0.29, 0.717) is 20.7 Å². The summed E-state index contributed by atoms with van der Waals surface area (Å²) in [4.78, 5) is 14.5. The van der Waals surface area contributed by atoms with Crippen molar-refractivity contribution >= 4 is 61.7 Å². The van der Waals surface area contributed by atoms with E-state index in [1.807, 2.05) is 6.07 Å². The Kier molecular flexibility index (Phi) is 4.33. The van der Waals surface area contributed by atoms with Crippen LogP contribution in [0.4, 0.5) is 0 Å². The van der Waals surface area contributed by atoms with Crippen LogP contribution in [-0.4, -0.2) is 41.1 Å². The predicted octanol–water partition coefficient (Wildman–Crippen LogP) is 2.73. The lowest BCUT2D eigenvalue weighted by molar-refractivity contribution is -0.123. The summed E-state index contributed by atoms with van der Waals surface area (Å²) in [6, 6.07) is 6.82. The Morgan fingerprint density at radius 2 is 2.18 bits per heavy atom. The zero-order valence-corrected chi connectivity index (χ0v) is 14.6. The smallest absolute Gasteiger partial charge is 0.266 e. The summed E-state index contributed by atoms with van der Waals surface area (Å²) >= 11 is 12.4. The molecule has 1 aromatic carbocycles. The van der Waals surface area contributed by atoms with E-state index in [1.165, 1.54) is 16.7 Å². The van der Waals surface area contributed by atoms with E-state index in [0.717, 1.165) is 5.56 Å². The SMILES string of the molecule is O=C1/C(=C\c2cccc(Cl)c2)SC(=S)N1[C@@H]1CCS(=O)(=O)C1. The molecule has 0 aliphatic carbocycles. The highest BCUT2D eigenvalue weighted by Gasteiger charge is 2.42. The van der Waals surface area contributed by atoms with E-state index in [4.69, 9.17) is 23.8 Å². The molecule has 0 unspecified atom stereocenters. The van der Waals surface area contributed by atoms with Crippen LogP contribution >= 0.6 is 35.6 Å². The average molecular weight is 374 g/mol. The molecule has 0 spiro atoms. The summed E-state index contributed by atoms with van der Waals surface area (Å²) in [5.74, 6) is -0.122. The Balaban J connectivity index is 1.86. The summed E-state index contributed by atoms with van der Waals surface area (Å²) in [6.07, 6.45) is 2.17. The molecule has 2 aliphatic rings. The first-order valence-corrected chi connectivity index (χ1v) is 10.0. The second-order valence-electron chi connectivity index (χ2n) is 5.16. The number of sulfone groups is 1. The first-order valence-electron chi connectivity index (χ1n) is 6.59. The molecule has 4 nitrogen and oxygen atoms in total. The number of thiocarbonyl (C=S) groups is 1. The molecule has 2 saturated heterocycles. The van der Waals surface area contributed by atoms with E-state index in [1.54, 1.807) is 24.3 Å². The van der Waals surface area contributed by atoms with Crippen molar-refractivity contribution in [3.8, 4) is 0 Å². The van der Waals surface area contributed by atoms with Crippen LogP contribution in [0.3, 0.4) is 0 Å². The fourth-order valence-corrected chi connectivity index (χ4v) is 5.82. The van der Waals surface area contributed by atoms with Gasteiger partial charge in [0.15, 0.2) is 9.84 Å². The Morgan fingerprint density at radius 1 is 1.41 bits per heavy atom. The minimum absolute atomic E-state index is 0.0100. The summed E-state index contributed by atoms with van der Waals surface area (Å²) < 4.78 is 23.6. The molecule has 2 heterocycles. The van der Waals surface area contributed by atoms with E-state index >= 15 is 0 Å². The third kappa shape index (κ3) is 3.22. The number of carbonyl (C=O) groups excluding carboxylic acids is 1. The number of amides is 1. The lowest BCUT2D eigenvalue weighted by atomic mass is 10.2. The molecular weight excluding hydrogens is 362 g/mol. The van der Waals surface area contributed by atoms with Gasteiger partial charge in [-0.05, 0) is 30.2 Å². The Hall–Kier alpha value is -0.890. The maximum atomic E-state index is 12.5. The van der Waals surface area contributed by atoms with Gasteiger partial charge in [0.25, 0.3) is 5.91 Å². The van der Waals surface area contributed by atoms with Crippen molar-refractivity contribution in [2.75, 3.05) is 11.5 Å². The topological polar surface area (TPSA) is 54.5 Å². The molecule has 1 atom stereocenters. The van der Waals surface area contributed by atoms with Gasteiger partial charge in [0, 0.05) is 5.02 Å². The third-order valence-electron chi connectivity index (χ3n) is 3.54. The van der Waals surface area contributed by atoms with Crippen LogP contribution in [0.25, 0.3) is 6.08 Å². The molecule has 116 valence electrons. The normalized spacial score (nSPS) is 26.1. The second-order valence-corrected chi connectivity index (χ2v) is 9.50. The Bertz CT molecular complexity index is 788. The maximum absolute atomic E-state index is 12.5. The number of carbonyl (C=O) groups is 1. The van der Waals surface area contributed by atoms with Crippen LogP contribution in [-0.2, 0) is 14.6 Å². The monoisotopic (exact) mass is 373 g/mol. The molecule has 3 rings (SSSR count). The highest BCUT2D eigenvalue weighted by molar-refractivity contribution is 8.26. The summed E-state index contributed by atoms with van der Waals surface area (Å²) in [6.45, 7) is 0. The van der Waals surface area contributed by atoms with Crippen molar-refractivity contribution in [3.05, 3.63) is 39.8 Å². The van der Waals surface area contributed by atoms with Gasteiger partial charge < -0.3 is 0 Å². The molecule has 2 aliphatic heterocycles. The second kappa shape index (κ2) is 5.96. The molecule has 0 saturated carbocycles. The van der Waals surface area contributed by atoms with E-state index in [9.17, 15) is 13.2 Å². The molecule has 22 heavy (non-hydrogen) atoms. The largest absolute Gasteiger partial charge is 0.289 e. The van der Waals surface area contributed by atoms with Crippen LogP contribution in [0.2, 0.25) is 5.02 Å². The predicted molar refractivity (Wildman–Crippen MR) is 93.5 cm³/mol. The Labute approximate surface area is 143 Å². The summed E-state index contributed by atoms with van der Waals surface area (Å²) in [5.41, 5.74) is 0.812. The lowest BCUT2D eigenvalue weighted by Crippen LogP contribution is -2.39. The number of hydrogen-bond donors (Lipinski definition) is 0. The molecular formula is C14H12ClNO3S3. The molecule has 1 aromatic rings. The molecule has 0 N–H and O–H groups in total. The highest BCUT2D eigenvalue weighted by Crippen LogP contribution is 2.36. The van der Waals surface area contributed by atoms with E-state index in [-0.39, 0.29) is 23.5 Å². The number of halogens is 1. The minimum atomic E-state index is -3.06. The number of hydrogen-bond acceptors (Lipinski definition) is 5. The van der Waals surface area contributed by atoms with Crippen molar-refractivity contribution in [1.82, 2.24) is 4.90 Å². The van der Waals surface area contributed by atoms with Gasteiger partial charge in [-0.1, -0.05) is 47.7 Å². The van der Waals surface area contributed by atoms with Crippen molar-refractivity contribution in [1.29, 1.82) is 0 Å². The zero-order valence-electron chi connectivity index (χ0n) is 11.4. The molecule has 0 radical (unpaired) electrons. The van der Waals surface area contributed by atoms with Crippen LogP contribution in [0, 0.1) is 0 Å². The van der Waals surface area contributed by atoms with Crippen molar-refractivity contribution in [3.63, 3.8) is 0 Å². The molecule has 0 aromatic heterocycles. The van der Waals surface area contributed by atoms with Crippen molar-refractivity contribution in [2.45, 2.75) is 12.5 Å². The van der Waals surface area contributed by atoms with Crippen molar-refractivity contribution < 1.29 is 13.2 Å². The summed E-state index contributed by atoms with van der Waals surface area (Å²) in [7, 11) is -3.06.